The van der Waals surface area contributed by atoms with Crippen molar-refractivity contribution in [1.29, 1.82) is 0 Å². The van der Waals surface area contributed by atoms with Crippen LogP contribution in [0.4, 0.5) is 0 Å². The summed E-state index contributed by atoms with van der Waals surface area (Å²) in [6.07, 6.45) is 7.29. The highest BCUT2D eigenvalue weighted by atomic mass is 16.2. The summed E-state index contributed by atoms with van der Waals surface area (Å²) in [4.78, 5) is 26.1. The van der Waals surface area contributed by atoms with Crippen LogP contribution in [0.2, 0.25) is 0 Å². The second-order valence-electron chi connectivity index (χ2n) is 6.31. The molecule has 1 heterocycles. The van der Waals surface area contributed by atoms with Gasteiger partial charge in [0.05, 0.1) is 0 Å². The Hall–Kier alpha value is -1.69. The molecule has 1 N–H and O–H groups in total. The van der Waals surface area contributed by atoms with Crippen molar-refractivity contribution in [3.63, 3.8) is 0 Å². The summed E-state index contributed by atoms with van der Waals surface area (Å²) in [5.41, 5.74) is 0.138. The number of likely N-dealkylation sites (N-methyl/N-ethyl adjacent to an activating group) is 1. The average Bonchev–Trinajstić information content (AvgIpc) is 2.57. The maximum atomic E-state index is 12.2. The first-order valence-corrected chi connectivity index (χ1v) is 8.68. The Balaban J connectivity index is 1.82. The highest BCUT2D eigenvalue weighted by Gasteiger charge is 2.17. The third kappa shape index (κ3) is 5.16. The molecule has 1 amide bonds. The lowest BCUT2D eigenvalue weighted by Crippen LogP contribution is -2.40. The molecule has 2 rings (SSSR count). The Morgan fingerprint density at radius 1 is 1.35 bits per heavy atom. The highest BCUT2D eigenvalue weighted by molar-refractivity contribution is 5.91. The minimum Gasteiger partial charge on any atom is -0.349 e. The van der Waals surface area contributed by atoms with Crippen LogP contribution in [0.5, 0.6) is 0 Å². The summed E-state index contributed by atoms with van der Waals surface area (Å²) in [6, 6.07) is 3.55. The van der Waals surface area contributed by atoms with E-state index in [1.165, 1.54) is 48.9 Å². The van der Waals surface area contributed by atoms with Gasteiger partial charge in [0.25, 0.3) is 11.5 Å². The molecule has 0 bridgehead atoms. The molecule has 1 aliphatic rings. The molecule has 0 aliphatic heterocycles. The van der Waals surface area contributed by atoms with Gasteiger partial charge in [0.1, 0.15) is 5.69 Å². The molecule has 1 saturated carbocycles. The molecule has 6 nitrogen and oxygen atoms in total. The van der Waals surface area contributed by atoms with E-state index in [0.29, 0.717) is 24.8 Å². The van der Waals surface area contributed by atoms with Crippen LogP contribution in [0.15, 0.2) is 16.9 Å². The topological polar surface area (TPSA) is 67.2 Å². The van der Waals surface area contributed by atoms with E-state index >= 15 is 0 Å². The van der Waals surface area contributed by atoms with Crippen LogP contribution < -0.4 is 10.9 Å². The van der Waals surface area contributed by atoms with Crippen molar-refractivity contribution in [3.8, 4) is 0 Å². The highest BCUT2D eigenvalue weighted by Crippen LogP contribution is 2.21. The number of hydrogen-bond donors (Lipinski definition) is 1. The summed E-state index contributed by atoms with van der Waals surface area (Å²) in [7, 11) is 2.13. The molecule has 1 fully saturated rings. The largest absolute Gasteiger partial charge is 0.349 e. The van der Waals surface area contributed by atoms with Crippen molar-refractivity contribution in [2.75, 3.05) is 20.1 Å². The summed E-state index contributed by atoms with van der Waals surface area (Å²) >= 11 is 0. The van der Waals surface area contributed by atoms with Gasteiger partial charge in [-0.25, -0.2) is 4.68 Å². The van der Waals surface area contributed by atoms with Crippen LogP contribution in [-0.4, -0.2) is 46.8 Å². The standard InChI is InChI=1S/C17H28N4O2/c1-3-12-21-16(22)10-9-15(19-21)17(23)18-11-13-20(2)14-7-5-4-6-8-14/h9-10,14H,3-8,11-13H2,1-2H3,(H,18,23). The molecule has 0 saturated heterocycles. The number of carbonyl (C=O) groups excluding carboxylic acids is 1. The molecular formula is C17H28N4O2. The van der Waals surface area contributed by atoms with Crippen molar-refractivity contribution in [3.05, 3.63) is 28.2 Å². The van der Waals surface area contributed by atoms with E-state index in [1.54, 1.807) is 0 Å². The quantitative estimate of drug-likeness (QED) is 0.829. The van der Waals surface area contributed by atoms with Crippen LogP contribution in [0.3, 0.4) is 0 Å². The van der Waals surface area contributed by atoms with E-state index in [4.69, 9.17) is 0 Å². The number of hydrogen-bond acceptors (Lipinski definition) is 4. The molecule has 0 atom stereocenters. The van der Waals surface area contributed by atoms with E-state index in [2.05, 4.69) is 22.4 Å². The van der Waals surface area contributed by atoms with Crippen LogP contribution in [-0.2, 0) is 6.54 Å². The summed E-state index contributed by atoms with van der Waals surface area (Å²) in [5.74, 6) is -0.216. The first-order valence-electron chi connectivity index (χ1n) is 8.68. The van der Waals surface area contributed by atoms with Gasteiger partial charge in [0.15, 0.2) is 0 Å². The zero-order valence-corrected chi connectivity index (χ0v) is 14.3. The first kappa shape index (κ1) is 17.7. The molecule has 128 valence electrons. The normalized spacial score (nSPS) is 15.8. The van der Waals surface area contributed by atoms with Crippen molar-refractivity contribution in [2.24, 2.45) is 0 Å². The fraction of sp³-hybridized carbons (Fsp3) is 0.706. The monoisotopic (exact) mass is 320 g/mol. The lowest BCUT2D eigenvalue weighted by atomic mass is 9.94. The van der Waals surface area contributed by atoms with E-state index in [1.807, 2.05) is 6.92 Å². The number of carbonyl (C=O) groups is 1. The van der Waals surface area contributed by atoms with Crippen molar-refractivity contribution in [2.45, 2.75) is 58.0 Å². The molecule has 1 aliphatic carbocycles. The predicted molar refractivity (Wildman–Crippen MR) is 90.6 cm³/mol. The SMILES string of the molecule is CCCn1nc(C(=O)NCCN(C)C2CCCCC2)ccc1=O. The number of aromatic nitrogens is 2. The number of aryl methyl sites for hydroxylation is 1. The molecule has 6 heteroatoms. The number of amides is 1. The lowest BCUT2D eigenvalue weighted by molar-refractivity contribution is 0.0937. The molecule has 0 radical (unpaired) electrons. The maximum absolute atomic E-state index is 12.2. The molecule has 0 unspecified atom stereocenters. The lowest BCUT2D eigenvalue weighted by Gasteiger charge is -2.31. The van der Waals surface area contributed by atoms with Gasteiger partial charge in [-0.2, -0.15) is 5.10 Å². The van der Waals surface area contributed by atoms with Crippen LogP contribution in [0, 0.1) is 0 Å². The van der Waals surface area contributed by atoms with E-state index in [9.17, 15) is 9.59 Å². The Morgan fingerprint density at radius 3 is 2.78 bits per heavy atom. The molecule has 0 aromatic carbocycles. The average molecular weight is 320 g/mol. The van der Waals surface area contributed by atoms with Gasteiger partial charge in [-0.1, -0.05) is 26.2 Å². The maximum Gasteiger partial charge on any atom is 0.271 e. The third-order valence-electron chi connectivity index (χ3n) is 4.48. The molecule has 1 aromatic heterocycles. The van der Waals surface area contributed by atoms with Gasteiger partial charge in [-0.15, -0.1) is 0 Å². The second-order valence-corrected chi connectivity index (χ2v) is 6.31. The Morgan fingerprint density at radius 2 is 2.09 bits per heavy atom. The Bertz CT molecular complexity index is 564. The van der Waals surface area contributed by atoms with Gasteiger partial charge in [-0.05, 0) is 32.4 Å². The van der Waals surface area contributed by atoms with E-state index in [0.717, 1.165) is 13.0 Å². The van der Waals surface area contributed by atoms with Crippen LogP contribution in [0.1, 0.15) is 55.9 Å². The zero-order chi connectivity index (χ0) is 16.7. The van der Waals surface area contributed by atoms with E-state index in [-0.39, 0.29) is 11.5 Å². The minimum atomic E-state index is -0.216. The fourth-order valence-electron chi connectivity index (χ4n) is 3.08. The summed E-state index contributed by atoms with van der Waals surface area (Å²) in [5, 5.41) is 7.03. The van der Waals surface area contributed by atoms with Gasteiger partial charge < -0.3 is 10.2 Å². The smallest absolute Gasteiger partial charge is 0.271 e. The predicted octanol–water partition coefficient (Wildman–Crippen LogP) is 1.65. The Kier molecular flexibility index (Phi) is 6.77. The first-order chi connectivity index (χ1) is 11.1. The minimum absolute atomic E-state index is 0.166. The molecule has 0 spiro atoms. The third-order valence-corrected chi connectivity index (χ3v) is 4.48. The molecule has 1 aromatic rings. The molecule has 23 heavy (non-hydrogen) atoms. The van der Waals surface area contributed by atoms with E-state index < -0.39 is 0 Å². The zero-order valence-electron chi connectivity index (χ0n) is 14.3. The summed E-state index contributed by atoms with van der Waals surface area (Å²) in [6.45, 7) is 3.94. The second kappa shape index (κ2) is 8.82. The van der Waals surface area contributed by atoms with Crippen molar-refractivity contribution < 1.29 is 4.79 Å². The van der Waals surface area contributed by atoms with Crippen molar-refractivity contribution >= 4 is 5.91 Å². The fourth-order valence-corrected chi connectivity index (χ4v) is 3.08. The van der Waals surface area contributed by atoms with Crippen LogP contribution in [0.25, 0.3) is 0 Å². The number of nitrogens with one attached hydrogen (secondary N) is 1. The van der Waals surface area contributed by atoms with Crippen molar-refractivity contribution in [1.82, 2.24) is 20.0 Å². The van der Waals surface area contributed by atoms with Gasteiger partial charge >= 0.3 is 0 Å². The van der Waals surface area contributed by atoms with Gasteiger partial charge in [0.2, 0.25) is 0 Å². The molecular weight excluding hydrogens is 292 g/mol. The number of nitrogens with zero attached hydrogens (tertiary/aromatic N) is 3. The number of rotatable bonds is 7. The summed E-state index contributed by atoms with van der Waals surface area (Å²) < 4.78 is 1.35. The van der Waals surface area contributed by atoms with Gasteiger partial charge in [-0.3, -0.25) is 9.59 Å². The van der Waals surface area contributed by atoms with Gasteiger partial charge in [0, 0.05) is 31.7 Å². The van der Waals surface area contributed by atoms with Crippen LogP contribution >= 0.6 is 0 Å². The Labute approximate surface area is 137 Å².